The Kier molecular flexibility index (Phi) is 5.29. The first-order valence-corrected chi connectivity index (χ1v) is 8.21. The Morgan fingerprint density at radius 1 is 0.905 bits per heavy atom. The molecule has 0 saturated heterocycles. The van der Waals surface area contributed by atoms with E-state index in [2.05, 4.69) is 31.9 Å². The van der Waals surface area contributed by atoms with E-state index in [-0.39, 0.29) is 5.78 Å². The molecule has 2 rings (SSSR count). The fraction of sp³-hybridized carbons (Fsp3) is 0.214. The van der Waals surface area contributed by atoms with Crippen LogP contribution in [0.5, 0.6) is 17.2 Å². The lowest BCUT2D eigenvalue weighted by Gasteiger charge is -2.13. The molecule has 0 aliphatic rings. The number of thiophene rings is 1. The van der Waals surface area contributed by atoms with Gasteiger partial charge in [0, 0.05) is 11.6 Å². The molecule has 0 aliphatic heterocycles. The average molecular weight is 436 g/mol. The zero-order valence-corrected chi connectivity index (χ0v) is 15.5. The quantitative estimate of drug-likeness (QED) is 0.647. The number of halogens is 2. The van der Waals surface area contributed by atoms with E-state index in [4.69, 9.17) is 14.2 Å². The van der Waals surface area contributed by atoms with Crippen molar-refractivity contribution in [3.8, 4) is 17.2 Å². The lowest BCUT2D eigenvalue weighted by atomic mass is 10.0. The first-order valence-electron chi connectivity index (χ1n) is 5.81. The van der Waals surface area contributed by atoms with Crippen molar-refractivity contribution in [3.05, 3.63) is 36.9 Å². The molecule has 21 heavy (non-hydrogen) atoms. The van der Waals surface area contributed by atoms with Gasteiger partial charge in [0.25, 0.3) is 0 Å². The molecule has 0 radical (unpaired) electrons. The van der Waals surface area contributed by atoms with E-state index in [1.54, 1.807) is 18.2 Å². The average Bonchev–Trinajstić information content (AvgIpc) is 2.83. The van der Waals surface area contributed by atoms with Gasteiger partial charge in [-0.2, -0.15) is 0 Å². The van der Waals surface area contributed by atoms with E-state index >= 15 is 0 Å². The van der Waals surface area contributed by atoms with Crippen molar-refractivity contribution in [3.63, 3.8) is 0 Å². The van der Waals surface area contributed by atoms with Crippen LogP contribution in [0.3, 0.4) is 0 Å². The number of hydrogen-bond donors (Lipinski definition) is 0. The van der Waals surface area contributed by atoms with Gasteiger partial charge in [-0.3, -0.25) is 4.79 Å². The Balaban J connectivity index is 2.56. The second kappa shape index (κ2) is 6.81. The van der Waals surface area contributed by atoms with Gasteiger partial charge in [-0.05, 0) is 44.0 Å². The molecule has 112 valence electrons. The Bertz CT molecular complexity index is 682. The van der Waals surface area contributed by atoms with Crippen LogP contribution < -0.4 is 14.2 Å². The van der Waals surface area contributed by atoms with Crippen LogP contribution in [0.4, 0.5) is 0 Å². The molecular weight excluding hydrogens is 424 g/mol. The third-order valence-corrected chi connectivity index (χ3v) is 5.19. The molecule has 0 amide bonds. The fourth-order valence-electron chi connectivity index (χ4n) is 1.85. The highest BCUT2D eigenvalue weighted by Gasteiger charge is 2.22. The van der Waals surface area contributed by atoms with Crippen LogP contribution in [0.25, 0.3) is 0 Å². The summed E-state index contributed by atoms with van der Waals surface area (Å²) < 4.78 is 17.4. The molecule has 0 atom stereocenters. The van der Waals surface area contributed by atoms with Crippen LogP contribution >= 0.6 is 43.2 Å². The van der Waals surface area contributed by atoms with Crippen molar-refractivity contribution < 1.29 is 19.0 Å². The highest BCUT2D eigenvalue weighted by Crippen LogP contribution is 2.38. The normalized spacial score (nSPS) is 10.3. The summed E-state index contributed by atoms with van der Waals surface area (Å²) in [6.07, 6.45) is 0. The first-order chi connectivity index (χ1) is 10.0. The minimum absolute atomic E-state index is 0.151. The smallest absolute Gasteiger partial charge is 0.198 e. The minimum atomic E-state index is -0.151. The maximum absolute atomic E-state index is 12.7. The lowest BCUT2D eigenvalue weighted by Crippen LogP contribution is -2.05. The summed E-state index contributed by atoms with van der Waals surface area (Å²) in [6, 6.07) is 5.03. The van der Waals surface area contributed by atoms with E-state index in [1.165, 1.54) is 32.7 Å². The first kappa shape index (κ1) is 16.3. The summed E-state index contributed by atoms with van der Waals surface area (Å²) in [5.41, 5.74) is 0.985. The number of ketones is 1. The van der Waals surface area contributed by atoms with Crippen LogP contribution in [0, 0.1) is 0 Å². The molecule has 2 aromatic rings. The summed E-state index contributed by atoms with van der Waals surface area (Å²) >= 11 is 8.21. The maximum Gasteiger partial charge on any atom is 0.198 e. The van der Waals surface area contributed by atoms with Gasteiger partial charge in [-0.25, -0.2) is 0 Å². The number of carbonyl (C=O) groups is 1. The summed E-state index contributed by atoms with van der Waals surface area (Å²) in [7, 11) is 4.57. The molecule has 0 spiro atoms. The zero-order valence-electron chi connectivity index (χ0n) is 11.5. The molecule has 1 heterocycles. The second-order valence-electron chi connectivity index (χ2n) is 3.97. The third kappa shape index (κ3) is 3.25. The number of carbonyl (C=O) groups excluding carboxylic acids is 1. The predicted molar refractivity (Wildman–Crippen MR) is 89.2 cm³/mol. The van der Waals surface area contributed by atoms with Gasteiger partial charge in [0.15, 0.2) is 17.3 Å². The van der Waals surface area contributed by atoms with Gasteiger partial charge < -0.3 is 14.2 Å². The molecule has 7 heteroatoms. The van der Waals surface area contributed by atoms with Gasteiger partial charge in [0.1, 0.15) is 5.75 Å². The number of benzene rings is 1. The zero-order chi connectivity index (χ0) is 15.6. The highest BCUT2D eigenvalue weighted by atomic mass is 79.9. The van der Waals surface area contributed by atoms with Crippen molar-refractivity contribution in [1.29, 1.82) is 0 Å². The largest absolute Gasteiger partial charge is 0.496 e. The van der Waals surface area contributed by atoms with Crippen molar-refractivity contribution in [1.82, 2.24) is 0 Å². The lowest BCUT2D eigenvalue weighted by molar-refractivity contribution is 0.103. The summed E-state index contributed by atoms with van der Waals surface area (Å²) in [5, 5.41) is 0. The Morgan fingerprint density at radius 3 is 1.95 bits per heavy atom. The SMILES string of the molecule is COc1cc(OC)c(C(=O)c2cc(Br)sc2Br)cc1OC. The molecule has 0 saturated carbocycles. The molecule has 0 bridgehead atoms. The molecule has 4 nitrogen and oxygen atoms in total. The van der Waals surface area contributed by atoms with Gasteiger partial charge in [-0.1, -0.05) is 0 Å². The topological polar surface area (TPSA) is 44.8 Å². The van der Waals surface area contributed by atoms with Crippen LogP contribution in [0.15, 0.2) is 25.8 Å². The molecule has 1 aromatic carbocycles. The summed E-state index contributed by atoms with van der Waals surface area (Å²) in [5.74, 6) is 1.28. The van der Waals surface area contributed by atoms with Crippen LogP contribution in [0.1, 0.15) is 15.9 Å². The summed E-state index contributed by atoms with van der Waals surface area (Å²) in [4.78, 5) is 12.7. The van der Waals surface area contributed by atoms with Crippen molar-refractivity contribution in [2.45, 2.75) is 0 Å². The maximum atomic E-state index is 12.7. The van der Waals surface area contributed by atoms with E-state index in [0.717, 1.165) is 7.57 Å². The van der Waals surface area contributed by atoms with Crippen LogP contribution in [-0.2, 0) is 0 Å². The Labute approximate surface area is 143 Å². The van der Waals surface area contributed by atoms with Crippen LogP contribution in [0.2, 0.25) is 0 Å². The van der Waals surface area contributed by atoms with Gasteiger partial charge in [0.2, 0.25) is 0 Å². The Hall–Kier alpha value is -1.05. The summed E-state index contributed by atoms with van der Waals surface area (Å²) in [6.45, 7) is 0. The highest BCUT2D eigenvalue weighted by molar-refractivity contribution is 9.12. The van der Waals surface area contributed by atoms with E-state index in [1.807, 2.05) is 0 Å². The monoisotopic (exact) mass is 434 g/mol. The Morgan fingerprint density at radius 2 is 1.48 bits per heavy atom. The van der Waals surface area contributed by atoms with E-state index < -0.39 is 0 Å². The number of rotatable bonds is 5. The van der Waals surface area contributed by atoms with Crippen molar-refractivity contribution >= 4 is 49.0 Å². The minimum Gasteiger partial charge on any atom is -0.496 e. The van der Waals surface area contributed by atoms with Crippen molar-refractivity contribution in [2.24, 2.45) is 0 Å². The standard InChI is InChI=1S/C14H12Br2O4S/c1-18-9-6-11(20-3)10(19-2)4-7(9)13(17)8-5-12(15)21-14(8)16/h4-6H,1-3H3. The molecular formula is C14H12Br2O4S. The predicted octanol–water partition coefficient (Wildman–Crippen LogP) is 4.53. The van der Waals surface area contributed by atoms with Gasteiger partial charge in [-0.15, -0.1) is 11.3 Å². The fourth-order valence-corrected chi connectivity index (χ4v) is 4.64. The third-order valence-electron chi connectivity index (χ3n) is 2.85. The number of hydrogen-bond acceptors (Lipinski definition) is 5. The molecule has 1 aromatic heterocycles. The number of methoxy groups -OCH3 is 3. The van der Waals surface area contributed by atoms with Crippen LogP contribution in [-0.4, -0.2) is 27.1 Å². The van der Waals surface area contributed by atoms with Gasteiger partial charge >= 0.3 is 0 Å². The molecule has 0 fully saturated rings. The molecule has 0 N–H and O–H groups in total. The van der Waals surface area contributed by atoms with E-state index in [0.29, 0.717) is 28.4 Å². The molecule has 0 unspecified atom stereocenters. The molecule has 0 aliphatic carbocycles. The number of ether oxygens (including phenoxy) is 3. The van der Waals surface area contributed by atoms with Crippen molar-refractivity contribution in [2.75, 3.05) is 21.3 Å². The second-order valence-corrected chi connectivity index (χ2v) is 7.72. The van der Waals surface area contributed by atoms with Gasteiger partial charge in [0.05, 0.1) is 34.5 Å². The van der Waals surface area contributed by atoms with E-state index in [9.17, 15) is 4.79 Å².